The van der Waals surface area contributed by atoms with Gasteiger partial charge in [0.2, 0.25) is 11.6 Å². The van der Waals surface area contributed by atoms with E-state index < -0.39 is 0 Å². The number of carbonyl (C=O) groups is 2. The van der Waals surface area contributed by atoms with Gasteiger partial charge in [-0.2, -0.15) is 0 Å². The second-order valence-electron chi connectivity index (χ2n) is 5.20. The smallest absolute Gasteiger partial charge is 0.204 e. The zero-order valence-corrected chi connectivity index (χ0v) is 12.0. The van der Waals surface area contributed by atoms with Gasteiger partial charge in [0.25, 0.3) is 0 Å². The highest BCUT2D eigenvalue weighted by molar-refractivity contribution is 6.19. The van der Waals surface area contributed by atoms with Gasteiger partial charge in [-0.25, -0.2) is 0 Å². The molecular formula is C14H22N2O2. The monoisotopic (exact) mass is 250 g/mol. The molecule has 0 amide bonds. The van der Waals surface area contributed by atoms with E-state index in [4.69, 9.17) is 0 Å². The first-order chi connectivity index (χ1) is 8.25. The summed E-state index contributed by atoms with van der Waals surface area (Å²) in [5.41, 5.74) is 0.937. The maximum atomic E-state index is 12.1. The summed E-state index contributed by atoms with van der Waals surface area (Å²) in [4.78, 5) is 27.8. The minimum absolute atomic E-state index is 0.103. The zero-order chi connectivity index (χ0) is 14.0. The number of allylic oxidation sites excluding steroid dienone is 2. The summed E-state index contributed by atoms with van der Waals surface area (Å²) in [5, 5.41) is 0. The minimum Gasteiger partial charge on any atom is -0.369 e. The van der Waals surface area contributed by atoms with Crippen molar-refractivity contribution in [2.45, 2.75) is 39.8 Å². The molecule has 18 heavy (non-hydrogen) atoms. The van der Waals surface area contributed by atoms with Crippen molar-refractivity contribution >= 4 is 11.6 Å². The third kappa shape index (κ3) is 2.81. The zero-order valence-electron chi connectivity index (χ0n) is 12.0. The molecule has 0 spiro atoms. The Balaban J connectivity index is 3.01. The van der Waals surface area contributed by atoms with Crippen molar-refractivity contribution in [3.8, 4) is 0 Å². The second-order valence-corrected chi connectivity index (χ2v) is 5.20. The maximum absolute atomic E-state index is 12.1. The molecule has 1 aliphatic rings. The lowest BCUT2D eigenvalue weighted by atomic mass is 10.0. The number of rotatable bonds is 4. The molecule has 0 saturated carbocycles. The summed E-state index contributed by atoms with van der Waals surface area (Å²) in [7, 11) is 3.65. The Morgan fingerprint density at radius 2 is 1.06 bits per heavy atom. The quantitative estimate of drug-likeness (QED) is 0.710. The molecule has 0 aliphatic heterocycles. The van der Waals surface area contributed by atoms with E-state index in [0.29, 0.717) is 11.4 Å². The third-order valence-corrected chi connectivity index (χ3v) is 3.35. The summed E-state index contributed by atoms with van der Waals surface area (Å²) < 4.78 is 0. The first kappa shape index (κ1) is 14.5. The van der Waals surface area contributed by atoms with E-state index in [2.05, 4.69) is 0 Å². The van der Waals surface area contributed by atoms with Crippen LogP contribution in [0.15, 0.2) is 23.5 Å². The highest BCUT2D eigenvalue weighted by atomic mass is 16.1. The number of carbonyl (C=O) groups excluding carboxylic acids is 2. The topological polar surface area (TPSA) is 40.6 Å². The van der Waals surface area contributed by atoms with Gasteiger partial charge in [-0.3, -0.25) is 9.59 Å². The van der Waals surface area contributed by atoms with Gasteiger partial charge >= 0.3 is 0 Å². The molecule has 4 heteroatoms. The van der Waals surface area contributed by atoms with Crippen LogP contribution in [0.4, 0.5) is 0 Å². The molecule has 1 aliphatic carbocycles. The van der Waals surface area contributed by atoms with Gasteiger partial charge in [-0.05, 0) is 27.7 Å². The predicted molar refractivity (Wildman–Crippen MR) is 72.0 cm³/mol. The van der Waals surface area contributed by atoms with Gasteiger partial charge in [0.15, 0.2) is 0 Å². The molecule has 4 nitrogen and oxygen atoms in total. The molecular weight excluding hydrogens is 228 g/mol. The summed E-state index contributed by atoms with van der Waals surface area (Å²) in [6, 6.07) is 0.372. The first-order valence-electron chi connectivity index (χ1n) is 6.23. The number of nitrogens with zero attached hydrogens (tertiary/aromatic N) is 2. The molecule has 0 aromatic carbocycles. The van der Waals surface area contributed by atoms with Crippen molar-refractivity contribution in [1.82, 2.24) is 9.80 Å². The molecule has 0 radical (unpaired) electrons. The molecule has 0 unspecified atom stereocenters. The summed E-state index contributed by atoms with van der Waals surface area (Å²) in [6.07, 6.45) is 2.88. The Labute approximate surface area is 109 Å². The number of likely N-dealkylation sites (N-methyl/N-ethyl adjacent to an activating group) is 2. The van der Waals surface area contributed by atoms with E-state index in [1.165, 1.54) is 12.2 Å². The van der Waals surface area contributed by atoms with E-state index in [-0.39, 0.29) is 23.7 Å². The van der Waals surface area contributed by atoms with Gasteiger partial charge in [0, 0.05) is 38.3 Å². The van der Waals surface area contributed by atoms with E-state index in [0.717, 1.165) is 0 Å². The largest absolute Gasteiger partial charge is 0.369 e. The van der Waals surface area contributed by atoms with Crippen LogP contribution < -0.4 is 0 Å². The first-order valence-corrected chi connectivity index (χ1v) is 6.23. The van der Waals surface area contributed by atoms with Crippen molar-refractivity contribution in [2.75, 3.05) is 14.1 Å². The molecule has 0 heterocycles. The lowest BCUT2D eigenvalue weighted by Crippen LogP contribution is -2.36. The number of hydrogen-bond donors (Lipinski definition) is 0. The van der Waals surface area contributed by atoms with Crippen LogP contribution in [0, 0.1) is 0 Å². The molecule has 0 aromatic rings. The summed E-state index contributed by atoms with van der Waals surface area (Å²) in [5.74, 6) is -0.207. The van der Waals surface area contributed by atoms with E-state index in [1.807, 2.05) is 51.6 Å². The van der Waals surface area contributed by atoms with Crippen molar-refractivity contribution < 1.29 is 9.59 Å². The number of ketones is 2. The third-order valence-electron chi connectivity index (χ3n) is 3.35. The molecule has 0 atom stereocenters. The fraction of sp³-hybridized carbons (Fsp3) is 0.571. The van der Waals surface area contributed by atoms with Crippen LogP contribution in [0.5, 0.6) is 0 Å². The van der Waals surface area contributed by atoms with Crippen LogP contribution in [-0.2, 0) is 9.59 Å². The van der Waals surface area contributed by atoms with Gasteiger partial charge < -0.3 is 9.80 Å². The SMILES string of the molecule is CC(C)N(C)C1=CC(=O)C(N(C)C(C)C)=CC1=O. The molecule has 1 rings (SSSR count). The lowest BCUT2D eigenvalue weighted by molar-refractivity contribution is -0.117. The maximum Gasteiger partial charge on any atom is 0.204 e. The molecule has 0 aromatic heterocycles. The van der Waals surface area contributed by atoms with Gasteiger partial charge in [0.1, 0.15) is 0 Å². The Morgan fingerprint density at radius 1 is 0.778 bits per heavy atom. The molecule has 0 saturated heterocycles. The Morgan fingerprint density at radius 3 is 1.28 bits per heavy atom. The van der Waals surface area contributed by atoms with Crippen molar-refractivity contribution in [3.63, 3.8) is 0 Å². The average molecular weight is 250 g/mol. The van der Waals surface area contributed by atoms with E-state index in [1.54, 1.807) is 0 Å². The van der Waals surface area contributed by atoms with Gasteiger partial charge in [-0.15, -0.1) is 0 Å². The van der Waals surface area contributed by atoms with Crippen molar-refractivity contribution in [1.29, 1.82) is 0 Å². The van der Waals surface area contributed by atoms with E-state index >= 15 is 0 Å². The van der Waals surface area contributed by atoms with Gasteiger partial charge in [-0.1, -0.05) is 0 Å². The fourth-order valence-electron chi connectivity index (χ4n) is 1.65. The molecule has 100 valence electrons. The van der Waals surface area contributed by atoms with Crippen LogP contribution in [0.1, 0.15) is 27.7 Å². The van der Waals surface area contributed by atoms with Crippen LogP contribution in [-0.4, -0.2) is 47.5 Å². The van der Waals surface area contributed by atoms with Crippen molar-refractivity contribution in [3.05, 3.63) is 23.5 Å². The molecule has 0 fully saturated rings. The van der Waals surface area contributed by atoms with Crippen molar-refractivity contribution in [2.24, 2.45) is 0 Å². The Bertz CT molecular complexity index is 380. The minimum atomic E-state index is -0.103. The molecule has 0 N–H and O–H groups in total. The number of hydrogen-bond acceptors (Lipinski definition) is 4. The Kier molecular flexibility index (Phi) is 4.33. The van der Waals surface area contributed by atoms with Gasteiger partial charge in [0.05, 0.1) is 11.4 Å². The normalized spacial score (nSPS) is 16.0. The highest BCUT2D eigenvalue weighted by Crippen LogP contribution is 2.19. The summed E-state index contributed by atoms with van der Waals surface area (Å²) >= 11 is 0. The average Bonchev–Trinajstić information content (AvgIpc) is 2.29. The molecule has 0 bridgehead atoms. The second kappa shape index (κ2) is 5.38. The fourth-order valence-corrected chi connectivity index (χ4v) is 1.65. The van der Waals surface area contributed by atoms with Crippen LogP contribution >= 0.6 is 0 Å². The standard InChI is InChI=1S/C14H22N2O2/c1-9(2)15(5)11-7-14(18)12(8-13(11)17)16(6)10(3)4/h7-10H,1-6H3. The lowest BCUT2D eigenvalue weighted by Gasteiger charge is -2.30. The van der Waals surface area contributed by atoms with Crippen LogP contribution in [0.25, 0.3) is 0 Å². The van der Waals surface area contributed by atoms with E-state index in [9.17, 15) is 9.59 Å². The predicted octanol–water partition coefficient (Wildman–Crippen LogP) is 1.59. The highest BCUT2D eigenvalue weighted by Gasteiger charge is 2.26. The summed E-state index contributed by atoms with van der Waals surface area (Å²) in [6.45, 7) is 7.94. The Hall–Kier alpha value is -1.58. The van der Waals surface area contributed by atoms with Crippen LogP contribution in [0.3, 0.4) is 0 Å². The van der Waals surface area contributed by atoms with Crippen LogP contribution in [0.2, 0.25) is 0 Å².